The molecule has 8 heteroatoms. The lowest BCUT2D eigenvalue weighted by atomic mass is 10.2. The third kappa shape index (κ3) is 3.90. The molecule has 2 aromatic heterocycles. The molecule has 0 atom stereocenters. The summed E-state index contributed by atoms with van der Waals surface area (Å²) >= 11 is 12.2. The number of hydrogen-bond acceptors (Lipinski definition) is 3. The van der Waals surface area contributed by atoms with E-state index >= 15 is 0 Å². The predicted octanol–water partition coefficient (Wildman–Crippen LogP) is 4.30. The van der Waals surface area contributed by atoms with Crippen molar-refractivity contribution >= 4 is 51.3 Å². The maximum atomic E-state index is 13.1. The van der Waals surface area contributed by atoms with Crippen LogP contribution in [0.5, 0.6) is 0 Å². The van der Waals surface area contributed by atoms with E-state index in [1.54, 1.807) is 17.0 Å². The fourth-order valence-electron chi connectivity index (χ4n) is 4.41. The molecule has 2 aromatic carbocycles. The molecular formula is C24H22Cl2N4O2. The number of benzene rings is 2. The first-order valence-electron chi connectivity index (χ1n) is 10.6. The summed E-state index contributed by atoms with van der Waals surface area (Å²) in [5.41, 5.74) is 3.24. The van der Waals surface area contributed by atoms with Gasteiger partial charge in [-0.1, -0.05) is 23.2 Å². The summed E-state index contributed by atoms with van der Waals surface area (Å²) in [7, 11) is 0. The number of aromatic nitrogens is 2. The zero-order valence-electron chi connectivity index (χ0n) is 17.4. The predicted molar refractivity (Wildman–Crippen MR) is 129 cm³/mol. The molecule has 0 aliphatic carbocycles. The number of halogens is 2. The molecule has 1 fully saturated rings. The monoisotopic (exact) mass is 468 g/mol. The third-order valence-electron chi connectivity index (χ3n) is 5.99. The quantitative estimate of drug-likeness (QED) is 0.438. The molecule has 0 saturated carbocycles. The molecule has 6 nitrogen and oxygen atoms in total. The van der Waals surface area contributed by atoms with E-state index in [4.69, 9.17) is 23.2 Å². The van der Waals surface area contributed by atoms with Crippen molar-refractivity contribution in [1.82, 2.24) is 13.9 Å². The van der Waals surface area contributed by atoms with Gasteiger partial charge in [0.1, 0.15) is 5.52 Å². The van der Waals surface area contributed by atoms with Crippen LogP contribution in [0, 0.1) is 0 Å². The summed E-state index contributed by atoms with van der Waals surface area (Å²) in [6.07, 6.45) is 2.65. The zero-order chi connectivity index (χ0) is 22.2. The molecular weight excluding hydrogens is 447 g/mol. The zero-order valence-corrected chi connectivity index (χ0v) is 18.9. The Bertz CT molecular complexity index is 1360. The van der Waals surface area contributed by atoms with E-state index in [1.807, 2.05) is 57.6 Å². The van der Waals surface area contributed by atoms with Crippen molar-refractivity contribution in [2.45, 2.75) is 13.0 Å². The summed E-state index contributed by atoms with van der Waals surface area (Å²) < 4.78 is 3.70. The number of anilines is 1. The van der Waals surface area contributed by atoms with Crippen molar-refractivity contribution in [1.29, 1.82) is 0 Å². The van der Waals surface area contributed by atoms with Crippen LogP contribution in [-0.4, -0.2) is 46.0 Å². The maximum Gasteiger partial charge on any atom is 0.275 e. The van der Waals surface area contributed by atoms with Gasteiger partial charge in [0.25, 0.3) is 5.56 Å². The largest absolute Gasteiger partial charge is 0.310 e. The molecule has 5 rings (SSSR count). The van der Waals surface area contributed by atoms with Gasteiger partial charge in [0.05, 0.1) is 17.6 Å². The number of aryl methyl sites for hydroxylation is 1. The van der Waals surface area contributed by atoms with Crippen LogP contribution in [-0.2, 0) is 11.3 Å². The molecule has 1 aliphatic rings. The highest BCUT2D eigenvalue weighted by molar-refractivity contribution is 6.31. The third-order valence-corrected chi connectivity index (χ3v) is 6.48. The average molecular weight is 469 g/mol. The lowest BCUT2D eigenvalue weighted by Crippen LogP contribution is -2.50. The molecule has 0 N–H and O–H groups in total. The molecule has 0 radical (unpaired) electrons. The molecule has 0 spiro atoms. The Hall–Kier alpha value is -2.80. The Balaban J connectivity index is 1.29. The Labute approximate surface area is 195 Å². The van der Waals surface area contributed by atoms with Gasteiger partial charge < -0.3 is 13.9 Å². The smallest absolute Gasteiger partial charge is 0.275 e. The van der Waals surface area contributed by atoms with Gasteiger partial charge in [-0.25, -0.2) is 0 Å². The van der Waals surface area contributed by atoms with E-state index in [-0.39, 0.29) is 11.5 Å². The van der Waals surface area contributed by atoms with Crippen molar-refractivity contribution in [2.24, 2.45) is 0 Å². The minimum atomic E-state index is -0.0199. The van der Waals surface area contributed by atoms with Crippen molar-refractivity contribution in [3.63, 3.8) is 0 Å². The van der Waals surface area contributed by atoms with Crippen LogP contribution in [0.2, 0.25) is 10.0 Å². The van der Waals surface area contributed by atoms with Gasteiger partial charge >= 0.3 is 0 Å². The van der Waals surface area contributed by atoms with Gasteiger partial charge in [-0.3, -0.25) is 14.5 Å². The molecule has 0 bridgehead atoms. The maximum absolute atomic E-state index is 13.1. The van der Waals surface area contributed by atoms with E-state index < -0.39 is 0 Å². The van der Waals surface area contributed by atoms with E-state index in [0.717, 1.165) is 36.2 Å². The Morgan fingerprint density at radius 2 is 1.59 bits per heavy atom. The number of rotatable bonds is 5. The Kier molecular flexibility index (Phi) is 5.67. The van der Waals surface area contributed by atoms with E-state index in [9.17, 15) is 9.59 Å². The fraction of sp³-hybridized carbons (Fsp3) is 0.250. The first-order valence-corrected chi connectivity index (χ1v) is 11.3. The van der Waals surface area contributed by atoms with Gasteiger partial charge in [-0.2, -0.15) is 0 Å². The molecule has 3 heterocycles. The van der Waals surface area contributed by atoms with Crippen LogP contribution in [0.4, 0.5) is 5.69 Å². The van der Waals surface area contributed by atoms with Crippen LogP contribution >= 0.6 is 23.2 Å². The van der Waals surface area contributed by atoms with Crippen molar-refractivity contribution in [2.75, 3.05) is 31.1 Å². The highest BCUT2D eigenvalue weighted by Crippen LogP contribution is 2.22. The number of carbonyl (C=O) groups is 1. The minimum absolute atomic E-state index is 0.0199. The topological polar surface area (TPSA) is 50.0 Å². The van der Waals surface area contributed by atoms with E-state index in [0.29, 0.717) is 35.2 Å². The number of hydrogen-bond donors (Lipinski definition) is 0. The summed E-state index contributed by atoms with van der Waals surface area (Å²) in [5, 5.41) is 1.29. The number of piperazine rings is 1. The van der Waals surface area contributed by atoms with Crippen LogP contribution in [0.15, 0.2) is 65.6 Å². The first-order chi connectivity index (χ1) is 15.5. The summed E-state index contributed by atoms with van der Waals surface area (Å²) in [6, 6.07) is 16.6. The Morgan fingerprint density at radius 1 is 0.812 bits per heavy atom. The molecule has 1 amide bonds. The second-order valence-corrected chi connectivity index (χ2v) is 8.88. The van der Waals surface area contributed by atoms with Crippen molar-refractivity contribution in [3.8, 4) is 0 Å². The summed E-state index contributed by atoms with van der Waals surface area (Å²) in [4.78, 5) is 29.7. The van der Waals surface area contributed by atoms with Crippen molar-refractivity contribution in [3.05, 3.63) is 81.2 Å². The fourth-order valence-corrected chi connectivity index (χ4v) is 4.70. The van der Waals surface area contributed by atoms with E-state index in [1.165, 1.54) is 0 Å². The number of amides is 1. The second kappa shape index (κ2) is 8.62. The van der Waals surface area contributed by atoms with Gasteiger partial charge in [-0.15, -0.1) is 0 Å². The standard InChI is InChI=1S/C24H22Cl2N4O2/c25-17-4-7-19(8-5-17)28-14-13-27(16-23(28)31)10-2-12-30-20-9-6-18(26)15-22(20)29-11-1-3-21(29)24(30)32/h1,3-9,11,15H,2,10,12-14,16H2. The van der Waals surface area contributed by atoms with Crippen LogP contribution in [0.1, 0.15) is 6.42 Å². The second-order valence-electron chi connectivity index (χ2n) is 8.00. The number of carbonyl (C=O) groups excluding carboxylic acids is 1. The van der Waals surface area contributed by atoms with Crippen LogP contribution in [0.25, 0.3) is 16.6 Å². The number of fused-ring (bicyclic) bond motifs is 3. The van der Waals surface area contributed by atoms with Gasteiger partial charge in [0.2, 0.25) is 5.91 Å². The molecule has 1 aliphatic heterocycles. The number of nitrogens with zero attached hydrogens (tertiary/aromatic N) is 4. The molecule has 1 saturated heterocycles. The Morgan fingerprint density at radius 3 is 2.38 bits per heavy atom. The lowest BCUT2D eigenvalue weighted by Gasteiger charge is -2.34. The van der Waals surface area contributed by atoms with Crippen LogP contribution < -0.4 is 10.5 Å². The minimum Gasteiger partial charge on any atom is -0.310 e. The summed E-state index contributed by atoms with van der Waals surface area (Å²) in [6.45, 7) is 3.11. The van der Waals surface area contributed by atoms with E-state index in [2.05, 4.69) is 4.90 Å². The molecule has 164 valence electrons. The van der Waals surface area contributed by atoms with Crippen LogP contribution in [0.3, 0.4) is 0 Å². The van der Waals surface area contributed by atoms with Crippen molar-refractivity contribution < 1.29 is 4.79 Å². The highest BCUT2D eigenvalue weighted by Gasteiger charge is 2.24. The van der Waals surface area contributed by atoms with Gasteiger partial charge in [-0.05, 0) is 61.0 Å². The molecule has 4 aromatic rings. The normalized spacial score (nSPS) is 15.2. The SMILES string of the molecule is O=C1CN(CCCn2c(=O)c3cccn3c3cc(Cl)ccc32)CCN1c1ccc(Cl)cc1. The first kappa shape index (κ1) is 21.1. The average Bonchev–Trinajstić information content (AvgIpc) is 3.28. The van der Waals surface area contributed by atoms with Gasteiger partial charge in [0.15, 0.2) is 0 Å². The van der Waals surface area contributed by atoms with Gasteiger partial charge in [0, 0.05) is 48.1 Å². The highest BCUT2D eigenvalue weighted by atomic mass is 35.5. The summed E-state index contributed by atoms with van der Waals surface area (Å²) in [5.74, 6) is 0.0745. The molecule has 32 heavy (non-hydrogen) atoms. The lowest BCUT2D eigenvalue weighted by molar-refractivity contribution is -0.121. The molecule has 0 unspecified atom stereocenters.